The van der Waals surface area contributed by atoms with Gasteiger partial charge in [0.1, 0.15) is 29.1 Å². The topological polar surface area (TPSA) is 85.8 Å². The summed E-state index contributed by atoms with van der Waals surface area (Å²) in [5.41, 5.74) is 3.61. The van der Waals surface area contributed by atoms with Crippen molar-refractivity contribution in [2.24, 2.45) is 0 Å². The van der Waals surface area contributed by atoms with Crippen molar-refractivity contribution in [3.05, 3.63) is 83.4 Å². The molecule has 3 heterocycles. The first-order valence-electron chi connectivity index (χ1n) is 8.91. The molecule has 0 saturated heterocycles. The molecule has 1 aromatic carbocycles. The Kier molecular flexibility index (Phi) is 5.67. The van der Waals surface area contributed by atoms with Gasteiger partial charge in [0.05, 0.1) is 19.0 Å². The number of imidazole rings is 1. The molecule has 0 radical (unpaired) electrons. The number of halogens is 1. The molecule has 0 fully saturated rings. The van der Waals surface area contributed by atoms with Crippen molar-refractivity contribution in [2.45, 2.75) is 13.0 Å². The third-order valence-corrected chi connectivity index (χ3v) is 4.50. The van der Waals surface area contributed by atoms with Gasteiger partial charge in [0.15, 0.2) is 0 Å². The molecule has 8 heteroatoms. The Morgan fingerprint density at radius 3 is 2.69 bits per heavy atom. The van der Waals surface area contributed by atoms with Gasteiger partial charge in [-0.15, -0.1) is 0 Å². The van der Waals surface area contributed by atoms with Crippen molar-refractivity contribution in [3.63, 3.8) is 0 Å². The Balaban J connectivity index is 1.46. The van der Waals surface area contributed by atoms with E-state index in [0.29, 0.717) is 23.9 Å². The number of nitrogens with one attached hydrogen (secondary N) is 1. The Morgan fingerprint density at radius 1 is 1.00 bits per heavy atom. The fourth-order valence-corrected chi connectivity index (χ4v) is 2.95. The van der Waals surface area contributed by atoms with Crippen molar-refractivity contribution >= 4 is 11.6 Å². The van der Waals surface area contributed by atoms with Crippen LogP contribution in [-0.4, -0.2) is 32.0 Å². The number of methoxy groups -OCH3 is 1. The number of aromatic amines is 1. The highest BCUT2D eigenvalue weighted by Crippen LogP contribution is 2.27. The average molecular weight is 408 g/mol. The smallest absolute Gasteiger partial charge is 0.139 e. The van der Waals surface area contributed by atoms with Crippen LogP contribution in [0.4, 0.5) is 0 Å². The molecule has 29 heavy (non-hydrogen) atoms. The lowest BCUT2D eigenvalue weighted by atomic mass is 10.1. The van der Waals surface area contributed by atoms with Gasteiger partial charge in [0.25, 0.3) is 0 Å². The molecular formula is C21H18ClN5O2. The number of nitrogens with zero attached hydrogens (tertiary/aromatic N) is 4. The summed E-state index contributed by atoms with van der Waals surface area (Å²) in [5, 5.41) is 0.451. The van der Waals surface area contributed by atoms with Gasteiger partial charge in [0, 0.05) is 54.1 Å². The van der Waals surface area contributed by atoms with E-state index in [4.69, 9.17) is 21.1 Å². The summed E-state index contributed by atoms with van der Waals surface area (Å²) >= 11 is 5.84. The zero-order valence-corrected chi connectivity index (χ0v) is 16.4. The lowest BCUT2D eigenvalue weighted by molar-refractivity contribution is 0.298. The second-order valence-corrected chi connectivity index (χ2v) is 6.65. The predicted molar refractivity (Wildman–Crippen MR) is 109 cm³/mol. The normalized spacial score (nSPS) is 10.7. The van der Waals surface area contributed by atoms with E-state index in [1.54, 1.807) is 38.0 Å². The number of hydrogen-bond acceptors (Lipinski definition) is 6. The van der Waals surface area contributed by atoms with E-state index in [9.17, 15) is 0 Å². The number of ether oxygens (including phenoxy) is 2. The quantitative estimate of drug-likeness (QED) is 0.464. The molecule has 0 aliphatic carbocycles. The zero-order valence-electron chi connectivity index (χ0n) is 15.7. The first-order chi connectivity index (χ1) is 14.2. The lowest BCUT2D eigenvalue weighted by Gasteiger charge is -2.11. The molecule has 0 saturated carbocycles. The molecule has 0 spiro atoms. The monoisotopic (exact) mass is 407 g/mol. The average Bonchev–Trinajstić information content (AvgIpc) is 3.23. The molecule has 3 aromatic heterocycles. The lowest BCUT2D eigenvalue weighted by Crippen LogP contribution is -2.00. The van der Waals surface area contributed by atoms with Crippen LogP contribution in [0.1, 0.15) is 17.0 Å². The van der Waals surface area contributed by atoms with Crippen molar-refractivity contribution in [1.29, 1.82) is 0 Å². The molecular weight excluding hydrogens is 390 g/mol. The standard InChI is InChI=1S/C21H18ClN5O2/c1-28-19-9-18(29-13-17-11-23-6-7-24-17)4-2-14(19)8-16-12-26-21(27-16)15-3-5-20(22)25-10-15/h2-7,9-12H,8,13H2,1H3,(H,26,27). The summed E-state index contributed by atoms with van der Waals surface area (Å²) in [7, 11) is 1.64. The van der Waals surface area contributed by atoms with Crippen molar-refractivity contribution in [2.75, 3.05) is 7.11 Å². The third kappa shape index (κ3) is 4.70. The van der Waals surface area contributed by atoms with Crippen molar-refractivity contribution < 1.29 is 9.47 Å². The highest BCUT2D eigenvalue weighted by atomic mass is 35.5. The van der Waals surface area contributed by atoms with Gasteiger partial charge in [0.2, 0.25) is 0 Å². The second kappa shape index (κ2) is 8.70. The number of rotatable bonds is 7. The van der Waals surface area contributed by atoms with Gasteiger partial charge in [-0.25, -0.2) is 9.97 Å². The summed E-state index contributed by atoms with van der Waals surface area (Å²) in [4.78, 5) is 20.1. The second-order valence-electron chi connectivity index (χ2n) is 6.26. The fraction of sp³-hybridized carbons (Fsp3) is 0.143. The van der Waals surface area contributed by atoms with Gasteiger partial charge in [-0.2, -0.15) is 0 Å². The Hall–Kier alpha value is -3.45. The van der Waals surface area contributed by atoms with Gasteiger partial charge < -0.3 is 14.5 Å². The van der Waals surface area contributed by atoms with Crippen LogP contribution in [0.15, 0.2) is 61.3 Å². The zero-order chi connectivity index (χ0) is 20.1. The molecule has 0 atom stereocenters. The van der Waals surface area contributed by atoms with Gasteiger partial charge in [-0.3, -0.25) is 9.97 Å². The number of pyridine rings is 1. The van der Waals surface area contributed by atoms with Crippen molar-refractivity contribution in [3.8, 4) is 22.9 Å². The Bertz CT molecular complexity index is 1080. The number of hydrogen-bond donors (Lipinski definition) is 1. The van der Waals surface area contributed by atoms with E-state index < -0.39 is 0 Å². The van der Waals surface area contributed by atoms with Gasteiger partial charge in [-0.05, 0) is 18.2 Å². The summed E-state index contributed by atoms with van der Waals surface area (Å²) in [5.74, 6) is 2.19. The molecule has 7 nitrogen and oxygen atoms in total. The predicted octanol–water partition coefficient (Wildman–Crippen LogP) is 4.09. The molecule has 0 amide bonds. The van der Waals surface area contributed by atoms with Crippen LogP contribution in [0.2, 0.25) is 5.15 Å². The van der Waals surface area contributed by atoms with Crippen LogP contribution in [0.3, 0.4) is 0 Å². The van der Waals surface area contributed by atoms with Crippen LogP contribution in [0, 0.1) is 0 Å². The highest BCUT2D eigenvalue weighted by Gasteiger charge is 2.10. The first kappa shape index (κ1) is 18.9. The largest absolute Gasteiger partial charge is 0.496 e. The molecule has 0 aliphatic heterocycles. The summed E-state index contributed by atoms with van der Waals surface area (Å²) in [6.45, 7) is 0.343. The molecule has 0 unspecified atom stereocenters. The molecule has 0 bridgehead atoms. The minimum Gasteiger partial charge on any atom is -0.496 e. The fourth-order valence-electron chi connectivity index (χ4n) is 2.84. The maximum atomic E-state index is 5.84. The maximum Gasteiger partial charge on any atom is 0.139 e. The van der Waals surface area contributed by atoms with Crippen LogP contribution < -0.4 is 9.47 Å². The number of H-pyrrole nitrogens is 1. The van der Waals surface area contributed by atoms with E-state index in [2.05, 4.69) is 24.9 Å². The van der Waals surface area contributed by atoms with Crippen molar-refractivity contribution in [1.82, 2.24) is 24.9 Å². The van der Waals surface area contributed by atoms with E-state index in [1.165, 1.54) is 0 Å². The van der Waals surface area contributed by atoms with Crippen LogP contribution in [0.5, 0.6) is 11.5 Å². The minimum atomic E-state index is 0.343. The third-order valence-electron chi connectivity index (χ3n) is 4.27. The van der Waals surface area contributed by atoms with Crippen LogP contribution >= 0.6 is 11.6 Å². The van der Waals surface area contributed by atoms with Crippen LogP contribution in [0.25, 0.3) is 11.4 Å². The highest BCUT2D eigenvalue weighted by molar-refractivity contribution is 6.29. The SMILES string of the molecule is COc1cc(OCc2cnccn2)ccc1Cc1cnc(-c2ccc(Cl)nc2)[nH]1. The molecule has 1 N–H and O–H groups in total. The Labute approximate surface area is 172 Å². The summed E-state index contributed by atoms with van der Waals surface area (Å²) < 4.78 is 11.3. The number of benzene rings is 1. The maximum absolute atomic E-state index is 5.84. The molecule has 0 aliphatic rings. The number of aromatic nitrogens is 5. The summed E-state index contributed by atoms with van der Waals surface area (Å²) in [6, 6.07) is 9.37. The van der Waals surface area contributed by atoms with E-state index in [0.717, 1.165) is 34.1 Å². The van der Waals surface area contributed by atoms with E-state index in [-0.39, 0.29) is 0 Å². The molecule has 146 valence electrons. The van der Waals surface area contributed by atoms with E-state index in [1.807, 2.05) is 30.5 Å². The summed E-state index contributed by atoms with van der Waals surface area (Å²) in [6.07, 6.45) is 9.09. The van der Waals surface area contributed by atoms with E-state index >= 15 is 0 Å². The van der Waals surface area contributed by atoms with Gasteiger partial charge >= 0.3 is 0 Å². The van der Waals surface area contributed by atoms with Crippen LogP contribution in [-0.2, 0) is 13.0 Å². The first-order valence-corrected chi connectivity index (χ1v) is 9.29. The Morgan fingerprint density at radius 2 is 1.93 bits per heavy atom. The molecule has 4 aromatic rings. The van der Waals surface area contributed by atoms with Gasteiger partial charge in [-0.1, -0.05) is 17.7 Å². The minimum absolute atomic E-state index is 0.343. The molecule has 4 rings (SSSR count).